The number of nitrogens with two attached hydrogens (primary N) is 1. The molecule has 3 aromatic heterocycles. The number of pyridine rings is 2. The molecule has 7 nitrogen and oxygen atoms in total. The molecule has 0 spiro atoms. The molecule has 146 valence electrons. The summed E-state index contributed by atoms with van der Waals surface area (Å²) < 4.78 is 5.49. The summed E-state index contributed by atoms with van der Waals surface area (Å²) in [4.78, 5) is 17.7. The van der Waals surface area contributed by atoms with Crippen LogP contribution in [0.4, 0.5) is 5.82 Å². The van der Waals surface area contributed by atoms with Crippen LogP contribution in [0.5, 0.6) is 5.75 Å². The monoisotopic (exact) mass is 386 g/mol. The number of aromatic nitrogens is 4. The smallest absolute Gasteiger partial charge is 0.162 e. The number of anilines is 1. The van der Waals surface area contributed by atoms with Gasteiger partial charge in [-0.1, -0.05) is 30.3 Å². The zero-order valence-corrected chi connectivity index (χ0v) is 16.1. The Bertz CT molecular complexity index is 1090. The van der Waals surface area contributed by atoms with E-state index in [-0.39, 0.29) is 6.04 Å². The first-order valence-electron chi connectivity index (χ1n) is 9.38. The van der Waals surface area contributed by atoms with Gasteiger partial charge in [-0.2, -0.15) is 0 Å². The normalized spacial score (nSPS) is 11.9. The van der Waals surface area contributed by atoms with Gasteiger partial charge >= 0.3 is 0 Å². The van der Waals surface area contributed by atoms with Crippen LogP contribution in [0.2, 0.25) is 0 Å². The average molecular weight is 386 g/mol. The van der Waals surface area contributed by atoms with Crippen molar-refractivity contribution in [2.24, 2.45) is 5.73 Å². The van der Waals surface area contributed by atoms with E-state index in [1.54, 1.807) is 31.9 Å². The zero-order valence-electron chi connectivity index (χ0n) is 16.1. The molecular formula is C22H22N6O. The summed E-state index contributed by atoms with van der Waals surface area (Å²) in [5, 5.41) is 4.18. The lowest BCUT2D eigenvalue weighted by atomic mass is 10.1. The van der Waals surface area contributed by atoms with Crippen LogP contribution < -0.4 is 15.8 Å². The second-order valence-electron chi connectivity index (χ2n) is 6.70. The lowest BCUT2D eigenvalue weighted by Crippen LogP contribution is -2.31. The lowest BCUT2D eigenvalue weighted by molar-refractivity contribution is 0.418. The van der Waals surface area contributed by atoms with Gasteiger partial charge in [-0.15, -0.1) is 0 Å². The van der Waals surface area contributed by atoms with Gasteiger partial charge in [0, 0.05) is 30.5 Å². The van der Waals surface area contributed by atoms with Crippen molar-refractivity contribution in [2.75, 3.05) is 19.0 Å². The molecule has 29 heavy (non-hydrogen) atoms. The molecular weight excluding hydrogens is 364 g/mol. The minimum atomic E-state index is -0.0698. The molecule has 1 atom stereocenters. The molecule has 1 aromatic carbocycles. The van der Waals surface area contributed by atoms with Crippen molar-refractivity contribution < 1.29 is 4.74 Å². The first-order valence-corrected chi connectivity index (χ1v) is 9.38. The molecule has 0 fully saturated rings. The molecule has 0 saturated heterocycles. The summed E-state index contributed by atoms with van der Waals surface area (Å²) in [5.41, 5.74) is 9.14. The van der Waals surface area contributed by atoms with Gasteiger partial charge in [-0.3, -0.25) is 9.97 Å². The third-order valence-electron chi connectivity index (χ3n) is 4.60. The van der Waals surface area contributed by atoms with Crippen LogP contribution in [0.3, 0.4) is 0 Å². The number of benzene rings is 1. The van der Waals surface area contributed by atoms with Gasteiger partial charge in [0.25, 0.3) is 0 Å². The third kappa shape index (κ3) is 4.30. The summed E-state index contributed by atoms with van der Waals surface area (Å²) in [6.45, 7) is 0.558. The third-order valence-corrected chi connectivity index (χ3v) is 4.60. The number of hydrogen-bond acceptors (Lipinski definition) is 7. The maximum Gasteiger partial charge on any atom is 0.162 e. The van der Waals surface area contributed by atoms with Crippen LogP contribution in [-0.2, 0) is 6.42 Å². The van der Waals surface area contributed by atoms with Gasteiger partial charge in [0.15, 0.2) is 5.82 Å². The fourth-order valence-electron chi connectivity index (χ4n) is 3.18. The van der Waals surface area contributed by atoms with Gasteiger partial charge in [0.1, 0.15) is 11.6 Å². The van der Waals surface area contributed by atoms with E-state index >= 15 is 0 Å². The van der Waals surface area contributed by atoms with E-state index in [1.807, 2.05) is 30.3 Å². The van der Waals surface area contributed by atoms with Crippen molar-refractivity contribution in [1.82, 2.24) is 19.9 Å². The number of methoxy groups -OCH3 is 1. The van der Waals surface area contributed by atoms with E-state index in [4.69, 9.17) is 15.5 Å². The van der Waals surface area contributed by atoms with Crippen molar-refractivity contribution in [3.63, 3.8) is 0 Å². The molecule has 4 rings (SSSR count). The van der Waals surface area contributed by atoms with E-state index < -0.39 is 0 Å². The highest BCUT2D eigenvalue weighted by Gasteiger charge is 2.15. The Morgan fingerprint density at radius 1 is 1.00 bits per heavy atom. The summed E-state index contributed by atoms with van der Waals surface area (Å²) in [6.07, 6.45) is 7.57. The SMILES string of the molecule is COc1cncc2nc(-c3ccncc3)nc(NC[C@@H](N)Cc3ccccc3)c12. The molecule has 4 aromatic rings. The second kappa shape index (κ2) is 8.62. The van der Waals surface area contributed by atoms with Crippen molar-refractivity contribution >= 4 is 16.7 Å². The minimum Gasteiger partial charge on any atom is -0.494 e. The molecule has 0 aliphatic carbocycles. The van der Waals surface area contributed by atoms with Crippen LogP contribution in [0, 0.1) is 0 Å². The molecule has 0 saturated carbocycles. The fraction of sp³-hybridized carbons (Fsp3) is 0.182. The summed E-state index contributed by atoms with van der Waals surface area (Å²) in [5.74, 6) is 1.88. The summed E-state index contributed by atoms with van der Waals surface area (Å²) in [7, 11) is 1.61. The molecule has 0 amide bonds. The second-order valence-corrected chi connectivity index (χ2v) is 6.70. The van der Waals surface area contributed by atoms with Crippen LogP contribution in [0.15, 0.2) is 67.3 Å². The van der Waals surface area contributed by atoms with Gasteiger partial charge in [-0.25, -0.2) is 9.97 Å². The molecule has 0 aliphatic heterocycles. The quantitative estimate of drug-likeness (QED) is 0.503. The predicted molar refractivity (Wildman–Crippen MR) is 114 cm³/mol. The van der Waals surface area contributed by atoms with Crippen molar-refractivity contribution in [1.29, 1.82) is 0 Å². The van der Waals surface area contributed by atoms with E-state index in [0.717, 1.165) is 17.4 Å². The Morgan fingerprint density at radius 3 is 2.55 bits per heavy atom. The van der Waals surface area contributed by atoms with E-state index in [1.165, 1.54) is 5.56 Å². The Labute approximate surface area is 169 Å². The van der Waals surface area contributed by atoms with Gasteiger partial charge in [0.05, 0.1) is 30.4 Å². The standard InChI is InChI=1S/C22H22N6O/c1-29-19-14-25-13-18-20(19)22(28-21(27-18)16-7-9-24-10-8-16)26-12-17(23)11-15-5-3-2-4-6-15/h2-10,13-14,17H,11-12,23H2,1H3,(H,26,27,28)/t17-/m0/s1. The van der Waals surface area contributed by atoms with Crippen LogP contribution in [-0.4, -0.2) is 39.6 Å². The summed E-state index contributed by atoms with van der Waals surface area (Å²) >= 11 is 0. The average Bonchev–Trinajstić information content (AvgIpc) is 2.78. The minimum absolute atomic E-state index is 0.0698. The fourth-order valence-corrected chi connectivity index (χ4v) is 3.18. The topological polar surface area (TPSA) is 98.8 Å². The predicted octanol–water partition coefficient (Wildman–Crippen LogP) is 3.08. The van der Waals surface area contributed by atoms with Crippen molar-refractivity contribution in [3.05, 3.63) is 72.8 Å². The van der Waals surface area contributed by atoms with Crippen molar-refractivity contribution in [2.45, 2.75) is 12.5 Å². The van der Waals surface area contributed by atoms with Gasteiger partial charge in [0.2, 0.25) is 0 Å². The molecule has 0 bridgehead atoms. The molecule has 0 radical (unpaired) electrons. The van der Waals surface area contributed by atoms with E-state index in [2.05, 4.69) is 32.4 Å². The molecule has 3 heterocycles. The largest absolute Gasteiger partial charge is 0.494 e. The first kappa shape index (κ1) is 18.8. The van der Waals surface area contributed by atoms with E-state index in [9.17, 15) is 0 Å². The van der Waals surface area contributed by atoms with Gasteiger partial charge < -0.3 is 15.8 Å². The van der Waals surface area contributed by atoms with Gasteiger partial charge in [-0.05, 0) is 24.1 Å². The highest BCUT2D eigenvalue weighted by Crippen LogP contribution is 2.31. The van der Waals surface area contributed by atoms with Crippen LogP contribution in [0.1, 0.15) is 5.56 Å². The highest BCUT2D eigenvalue weighted by atomic mass is 16.5. The molecule has 0 aliphatic rings. The van der Waals surface area contributed by atoms with Crippen LogP contribution in [0.25, 0.3) is 22.3 Å². The number of hydrogen-bond donors (Lipinski definition) is 2. The molecule has 3 N–H and O–H groups in total. The first-order chi connectivity index (χ1) is 14.2. The van der Waals surface area contributed by atoms with Crippen LogP contribution >= 0.6 is 0 Å². The maximum absolute atomic E-state index is 6.36. The number of nitrogens with zero attached hydrogens (tertiary/aromatic N) is 4. The Kier molecular flexibility index (Phi) is 5.58. The van der Waals surface area contributed by atoms with E-state index in [0.29, 0.717) is 29.5 Å². The molecule has 0 unspecified atom stereocenters. The lowest BCUT2D eigenvalue weighted by Gasteiger charge is -2.16. The number of ether oxygens (including phenoxy) is 1. The van der Waals surface area contributed by atoms with Crippen molar-refractivity contribution in [3.8, 4) is 17.1 Å². The Morgan fingerprint density at radius 2 is 1.79 bits per heavy atom. The Hall–Kier alpha value is -3.58. The summed E-state index contributed by atoms with van der Waals surface area (Å²) in [6, 6.07) is 13.9. The number of nitrogens with one attached hydrogen (secondary N) is 1. The Balaban J connectivity index is 1.65. The maximum atomic E-state index is 6.36. The number of fused-ring (bicyclic) bond motifs is 1. The molecule has 7 heteroatoms. The zero-order chi connectivity index (χ0) is 20.1. The highest BCUT2D eigenvalue weighted by molar-refractivity contribution is 5.95. The number of rotatable bonds is 7.